The molecule has 0 saturated carbocycles. The van der Waals surface area contributed by atoms with Gasteiger partial charge in [0.15, 0.2) is 0 Å². The fourth-order valence-electron chi connectivity index (χ4n) is 6.64. The van der Waals surface area contributed by atoms with Gasteiger partial charge in [-0.25, -0.2) is 4.90 Å². The zero-order chi connectivity index (χ0) is 26.5. The Bertz CT molecular complexity index is 2010. The molecular formula is C35H24N2O2. The number of nitrogens with zero attached hydrogens (tertiary/aromatic N) is 2. The van der Waals surface area contributed by atoms with Crippen molar-refractivity contribution in [3.8, 4) is 16.8 Å². The van der Waals surface area contributed by atoms with Gasteiger partial charge in [-0.3, -0.25) is 9.59 Å². The van der Waals surface area contributed by atoms with Gasteiger partial charge >= 0.3 is 0 Å². The Balaban J connectivity index is 1.37. The summed E-state index contributed by atoms with van der Waals surface area (Å²) in [5, 5.41) is 2.35. The zero-order valence-corrected chi connectivity index (χ0v) is 21.6. The predicted octanol–water partition coefficient (Wildman–Crippen LogP) is 7.89. The average molecular weight is 505 g/mol. The number of carbonyl (C=O) groups excluding carboxylic acids is 2. The molecule has 186 valence electrons. The molecular weight excluding hydrogens is 480 g/mol. The summed E-state index contributed by atoms with van der Waals surface area (Å²) in [6.07, 6.45) is 0. The van der Waals surface area contributed by atoms with E-state index in [0.29, 0.717) is 16.8 Å². The monoisotopic (exact) mass is 504 g/mol. The molecule has 2 amide bonds. The second-order valence-corrected chi connectivity index (χ2v) is 10.9. The maximum Gasteiger partial charge on any atom is 0.266 e. The molecule has 4 nitrogen and oxygen atoms in total. The van der Waals surface area contributed by atoms with Gasteiger partial charge in [0.25, 0.3) is 11.8 Å². The second-order valence-electron chi connectivity index (χ2n) is 10.9. The standard InChI is InChI=1S/C35H24N2O2/c1-35(2)29-16-7-5-12-23(29)27-19-28-24-13-6-8-17-31(24)36(32(28)20-30(27)35)21-10-9-11-22(18-21)37-33(38)25-14-3-4-15-26(25)34(37)39/h3-20H,1-2H3. The van der Waals surface area contributed by atoms with E-state index < -0.39 is 0 Å². The lowest BCUT2D eigenvalue weighted by Crippen LogP contribution is -2.29. The number of aromatic nitrogens is 1. The quantitative estimate of drug-likeness (QED) is 0.225. The maximum atomic E-state index is 13.2. The van der Waals surface area contributed by atoms with Crippen LogP contribution in [0.25, 0.3) is 38.6 Å². The van der Waals surface area contributed by atoms with Crippen molar-refractivity contribution in [2.45, 2.75) is 19.3 Å². The topological polar surface area (TPSA) is 42.3 Å². The summed E-state index contributed by atoms with van der Waals surface area (Å²) < 4.78 is 2.26. The first-order valence-corrected chi connectivity index (χ1v) is 13.2. The molecule has 5 aromatic carbocycles. The van der Waals surface area contributed by atoms with Gasteiger partial charge in [0.1, 0.15) is 0 Å². The molecule has 2 heterocycles. The normalized spacial score (nSPS) is 15.2. The number of para-hydroxylation sites is 1. The predicted molar refractivity (Wildman–Crippen MR) is 156 cm³/mol. The van der Waals surface area contributed by atoms with E-state index >= 15 is 0 Å². The van der Waals surface area contributed by atoms with Gasteiger partial charge in [-0.2, -0.15) is 0 Å². The summed E-state index contributed by atoms with van der Waals surface area (Å²) >= 11 is 0. The van der Waals surface area contributed by atoms with E-state index in [1.54, 1.807) is 24.3 Å². The molecule has 8 rings (SSSR count). The Kier molecular flexibility index (Phi) is 4.27. The molecule has 0 bridgehead atoms. The maximum absolute atomic E-state index is 13.2. The zero-order valence-electron chi connectivity index (χ0n) is 21.6. The minimum absolute atomic E-state index is 0.122. The van der Waals surface area contributed by atoms with Gasteiger partial charge in [0.05, 0.1) is 27.8 Å². The van der Waals surface area contributed by atoms with E-state index in [9.17, 15) is 9.59 Å². The van der Waals surface area contributed by atoms with Gasteiger partial charge in [0.2, 0.25) is 0 Å². The number of anilines is 1. The number of fused-ring (bicyclic) bond motifs is 7. The lowest BCUT2D eigenvalue weighted by Gasteiger charge is -2.22. The molecule has 39 heavy (non-hydrogen) atoms. The van der Waals surface area contributed by atoms with Crippen LogP contribution < -0.4 is 4.90 Å². The molecule has 4 heteroatoms. The van der Waals surface area contributed by atoms with E-state index in [1.807, 2.05) is 24.3 Å². The number of amides is 2. The van der Waals surface area contributed by atoms with Crippen molar-refractivity contribution in [3.63, 3.8) is 0 Å². The Labute approximate surface area is 225 Å². The SMILES string of the molecule is CC1(C)c2ccccc2-c2cc3c4ccccc4n(-c4cccc(N5C(=O)c6ccccc6C5=O)c4)c3cc21. The van der Waals surface area contributed by atoms with Crippen molar-refractivity contribution in [1.29, 1.82) is 0 Å². The summed E-state index contributed by atoms with van der Waals surface area (Å²) in [6.45, 7) is 4.58. The van der Waals surface area contributed by atoms with Gasteiger partial charge in [-0.15, -0.1) is 0 Å². The fraction of sp³-hybridized carbons (Fsp3) is 0.0857. The van der Waals surface area contributed by atoms with E-state index in [1.165, 1.54) is 37.9 Å². The summed E-state index contributed by atoms with van der Waals surface area (Å²) in [4.78, 5) is 27.8. The largest absolute Gasteiger partial charge is 0.309 e. The first kappa shape index (κ1) is 22.1. The number of hydrogen-bond donors (Lipinski definition) is 0. The van der Waals surface area contributed by atoms with Crippen LogP contribution >= 0.6 is 0 Å². The molecule has 0 N–H and O–H groups in total. The number of benzene rings is 5. The Hall–Kier alpha value is -4.96. The highest BCUT2D eigenvalue weighted by Gasteiger charge is 2.37. The van der Waals surface area contributed by atoms with Crippen LogP contribution in [0.1, 0.15) is 45.7 Å². The fourth-order valence-corrected chi connectivity index (χ4v) is 6.64. The minimum Gasteiger partial charge on any atom is -0.309 e. The van der Waals surface area contributed by atoms with Crippen molar-refractivity contribution < 1.29 is 9.59 Å². The lowest BCUT2D eigenvalue weighted by molar-refractivity contribution is 0.0926. The highest BCUT2D eigenvalue weighted by molar-refractivity contribution is 6.34. The summed E-state index contributed by atoms with van der Waals surface area (Å²) in [5.74, 6) is -0.570. The average Bonchev–Trinajstić information content (AvgIpc) is 3.51. The van der Waals surface area contributed by atoms with Crippen LogP contribution in [-0.4, -0.2) is 16.4 Å². The van der Waals surface area contributed by atoms with E-state index in [2.05, 4.69) is 79.1 Å². The van der Waals surface area contributed by atoms with Crippen LogP contribution in [-0.2, 0) is 5.41 Å². The first-order valence-electron chi connectivity index (χ1n) is 13.2. The second kappa shape index (κ2) is 7.55. The molecule has 0 fully saturated rings. The molecule has 6 aromatic rings. The Morgan fingerprint density at radius 2 is 1.15 bits per heavy atom. The van der Waals surface area contributed by atoms with Gasteiger partial charge in [-0.05, 0) is 70.8 Å². The molecule has 0 unspecified atom stereocenters. The van der Waals surface area contributed by atoms with E-state index in [4.69, 9.17) is 0 Å². The molecule has 1 aliphatic heterocycles. The third kappa shape index (κ3) is 2.83. The lowest BCUT2D eigenvalue weighted by atomic mass is 9.82. The highest BCUT2D eigenvalue weighted by Crippen LogP contribution is 2.51. The summed E-state index contributed by atoms with van der Waals surface area (Å²) in [6, 6.07) is 36.5. The smallest absolute Gasteiger partial charge is 0.266 e. The van der Waals surface area contributed by atoms with Crippen molar-refractivity contribution in [1.82, 2.24) is 4.57 Å². The van der Waals surface area contributed by atoms with E-state index in [0.717, 1.165) is 16.7 Å². The van der Waals surface area contributed by atoms with Crippen molar-refractivity contribution in [2.24, 2.45) is 0 Å². The van der Waals surface area contributed by atoms with Crippen LogP contribution in [0.2, 0.25) is 0 Å². The van der Waals surface area contributed by atoms with Gasteiger partial charge in [0, 0.05) is 21.9 Å². The number of hydrogen-bond acceptors (Lipinski definition) is 2. The molecule has 0 spiro atoms. The van der Waals surface area contributed by atoms with Crippen molar-refractivity contribution in [3.05, 3.63) is 131 Å². The Morgan fingerprint density at radius 3 is 1.92 bits per heavy atom. The van der Waals surface area contributed by atoms with Crippen LogP contribution in [0.5, 0.6) is 0 Å². The number of carbonyl (C=O) groups is 2. The van der Waals surface area contributed by atoms with Crippen molar-refractivity contribution in [2.75, 3.05) is 4.90 Å². The third-order valence-electron chi connectivity index (χ3n) is 8.52. The van der Waals surface area contributed by atoms with Gasteiger partial charge < -0.3 is 4.57 Å². The van der Waals surface area contributed by atoms with Crippen LogP contribution in [0.4, 0.5) is 5.69 Å². The summed E-state index contributed by atoms with van der Waals surface area (Å²) in [5.41, 5.74) is 9.66. The van der Waals surface area contributed by atoms with Crippen LogP contribution in [0.15, 0.2) is 109 Å². The molecule has 1 aliphatic carbocycles. The number of imide groups is 1. The van der Waals surface area contributed by atoms with Crippen LogP contribution in [0.3, 0.4) is 0 Å². The number of rotatable bonds is 2. The molecule has 0 radical (unpaired) electrons. The molecule has 0 saturated heterocycles. The van der Waals surface area contributed by atoms with E-state index in [-0.39, 0.29) is 17.2 Å². The van der Waals surface area contributed by atoms with Gasteiger partial charge in [-0.1, -0.05) is 74.5 Å². The summed E-state index contributed by atoms with van der Waals surface area (Å²) in [7, 11) is 0. The minimum atomic E-state index is -0.285. The molecule has 0 atom stereocenters. The first-order chi connectivity index (χ1) is 18.9. The van der Waals surface area contributed by atoms with Crippen LogP contribution in [0, 0.1) is 0 Å². The van der Waals surface area contributed by atoms with Crippen molar-refractivity contribution >= 4 is 39.3 Å². The molecule has 2 aliphatic rings. The highest BCUT2D eigenvalue weighted by atomic mass is 16.2. The third-order valence-corrected chi connectivity index (χ3v) is 8.52. The Morgan fingerprint density at radius 1 is 0.513 bits per heavy atom. The molecule has 1 aromatic heterocycles.